The monoisotopic (exact) mass is 240 g/mol. The number of aliphatic hydroxyl groups is 1. The summed E-state index contributed by atoms with van der Waals surface area (Å²) in [5.41, 5.74) is 1.17. The third kappa shape index (κ3) is 3.98. The number of benzene rings is 1. The van der Waals surface area contributed by atoms with Gasteiger partial charge in [0.1, 0.15) is 5.82 Å². The maximum absolute atomic E-state index is 13.8. The molecule has 96 valence electrons. The van der Waals surface area contributed by atoms with Crippen LogP contribution in [-0.2, 0) is 0 Å². The molecule has 0 radical (unpaired) electrons. The Hall–Kier alpha value is -1.13. The molecule has 1 aromatic carbocycles. The molecule has 0 aliphatic rings. The highest BCUT2D eigenvalue weighted by Gasteiger charge is 2.10. The highest BCUT2D eigenvalue weighted by atomic mass is 19.1. The second kappa shape index (κ2) is 5.98. The summed E-state index contributed by atoms with van der Waals surface area (Å²) in [5, 5.41) is 9.37. The van der Waals surface area contributed by atoms with Crippen LogP contribution in [0.2, 0.25) is 0 Å². The first-order chi connectivity index (χ1) is 7.91. The van der Waals surface area contributed by atoms with Gasteiger partial charge in [-0.15, -0.1) is 0 Å². The Balaban J connectivity index is 2.77. The zero-order valence-corrected chi connectivity index (χ0v) is 10.9. The molecule has 0 aromatic heterocycles. The molecule has 1 rings (SSSR count). The molecule has 0 amide bonds. The minimum absolute atomic E-state index is 0.287. The summed E-state index contributed by atoms with van der Waals surface area (Å²) in [5.74, 6) is -0.287. The summed E-state index contributed by atoms with van der Waals surface area (Å²) >= 11 is 0. The third-order valence-corrected chi connectivity index (χ3v) is 2.75. The molecule has 17 heavy (non-hydrogen) atoms. The molecule has 3 nitrogen and oxygen atoms in total. The van der Waals surface area contributed by atoms with Crippen LogP contribution < -0.4 is 4.90 Å². The SMILES string of the molecule is CC(O)c1ccc(N(C)CCN(C)C)c(F)c1. The van der Waals surface area contributed by atoms with Gasteiger partial charge in [0.15, 0.2) is 0 Å². The van der Waals surface area contributed by atoms with Crippen LogP contribution in [0.1, 0.15) is 18.6 Å². The summed E-state index contributed by atoms with van der Waals surface area (Å²) in [6.07, 6.45) is -0.634. The van der Waals surface area contributed by atoms with Crippen molar-refractivity contribution in [2.24, 2.45) is 0 Å². The predicted octanol–water partition coefficient (Wildman–Crippen LogP) is 1.88. The van der Waals surface area contributed by atoms with E-state index in [4.69, 9.17) is 0 Å². The van der Waals surface area contributed by atoms with Gasteiger partial charge in [-0.05, 0) is 38.7 Å². The van der Waals surface area contributed by atoms with Crippen LogP contribution in [0, 0.1) is 5.82 Å². The average Bonchev–Trinajstić information content (AvgIpc) is 2.25. The fourth-order valence-corrected chi connectivity index (χ4v) is 1.56. The molecule has 1 aromatic rings. The smallest absolute Gasteiger partial charge is 0.146 e. The minimum Gasteiger partial charge on any atom is -0.389 e. The Morgan fingerprint density at radius 3 is 2.35 bits per heavy atom. The van der Waals surface area contributed by atoms with Gasteiger partial charge in [0.25, 0.3) is 0 Å². The molecular formula is C13H21FN2O. The van der Waals surface area contributed by atoms with E-state index < -0.39 is 6.10 Å². The standard InChI is InChI=1S/C13H21FN2O/c1-10(17)11-5-6-13(12(14)9-11)16(4)8-7-15(2)3/h5-6,9-10,17H,7-8H2,1-4H3. The number of nitrogens with zero attached hydrogens (tertiary/aromatic N) is 2. The molecular weight excluding hydrogens is 219 g/mol. The molecule has 1 atom stereocenters. The van der Waals surface area contributed by atoms with Gasteiger partial charge in [0.05, 0.1) is 11.8 Å². The Labute approximate surface area is 102 Å². The van der Waals surface area contributed by atoms with Crippen molar-refractivity contribution in [2.45, 2.75) is 13.0 Å². The van der Waals surface area contributed by atoms with Gasteiger partial charge in [0.2, 0.25) is 0 Å². The van der Waals surface area contributed by atoms with Gasteiger partial charge in [-0.2, -0.15) is 0 Å². The van der Waals surface area contributed by atoms with Crippen molar-refractivity contribution in [1.29, 1.82) is 0 Å². The van der Waals surface area contributed by atoms with Crippen LogP contribution in [0.15, 0.2) is 18.2 Å². The summed E-state index contributed by atoms with van der Waals surface area (Å²) in [6.45, 7) is 3.26. The number of hydrogen-bond acceptors (Lipinski definition) is 3. The topological polar surface area (TPSA) is 26.7 Å². The summed E-state index contributed by atoms with van der Waals surface area (Å²) in [4.78, 5) is 3.93. The number of halogens is 1. The van der Waals surface area contributed by atoms with Gasteiger partial charge in [0, 0.05) is 20.1 Å². The van der Waals surface area contributed by atoms with E-state index in [-0.39, 0.29) is 5.82 Å². The fraction of sp³-hybridized carbons (Fsp3) is 0.538. The molecule has 0 spiro atoms. The second-order valence-electron chi connectivity index (χ2n) is 4.61. The number of rotatable bonds is 5. The first-order valence-electron chi connectivity index (χ1n) is 5.75. The molecule has 0 fully saturated rings. The Morgan fingerprint density at radius 2 is 1.88 bits per heavy atom. The van der Waals surface area contributed by atoms with E-state index in [0.29, 0.717) is 11.3 Å². The van der Waals surface area contributed by atoms with Crippen molar-refractivity contribution in [1.82, 2.24) is 4.90 Å². The third-order valence-electron chi connectivity index (χ3n) is 2.75. The van der Waals surface area contributed by atoms with Gasteiger partial charge in [-0.25, -0.2) is 4.39 Å². The highest BCUT2D eigenvalue weighted by Crippen LogP contribution is 2.22. The van der Waals surface area contributed by atoms with E-state index in [1.807, 2.05) is 26.0 Å². The Kier molecular flexibility index (Phi) is 4.90. The van der Waals surface area contributed by atoms with Crippen molar-refractivity contribution in [3.8, 4) is 0 Å². The Morgan fingerprint density at radius 1 is 1.24 bits per heavy atom. The largest absolute Gasteiger partial charge is 0.389 e. The van der Waals surface area contributed by atoms with E-state index in [9.17, 15) is 9.50 Å². The van der Waals surface area contributed by atoms with Crippen molar-refractivity contribution in [2.75, 3.05) is 39.1 Å². The molecule has 0 bridgehead atoms. The molecule has 0 aliphatic carbocycles. The lowest BCUT2D eigenvalue weighted by Crippen LogP contribution is -2.29. The summed E-state index contributed by atoms with van der Waals surface area (Å²) in [7, 11) is 5.84. The van der Waals surface area contributed by atoms with E-state index in [2.05, 4.69) is 4.90 Å². The summed E-state index contributed by atoms with van der Waals surface area (Å²) in [6, 6.07) is 4.87. The lowest BCUT2D eigenvalue weighted by Gasteiger charge is -2.22. The van der Waals surface area contributed by atoms with Crippen LogP contribution in [0.3, 0.4) is 0 Å². The summed E-state index contributed by atoms with van der Waals surface area (Å²) < 4.78 is 13.8. The van der Waals surface area contributed by atoms with Gasteiger partial charge < -0.3 is 14.9 Å². The first-order valence-corrected chi connectivity index (χ1v) is 5.75. The van der Waals surface area contributed by atoms with Crippen LogP contribution >= 0.6 is 0 Å². The quantitative estimate of drug-likeness (QED) is 0.851. The molecule has 1 N–H and O–H groups in total. The number of hydrogen-bond donors (Lipinski definition) is 1. The van der Waals surface area contributed by atoms with Crippen LogP contribution in [0.5, 0.6) is 0 Å². The first kappa shape index (κ1) is 13.9. The molecule has 1 unspecified atom stereocenters. The van der Waals surface area contributed by atoms with Crippen LogP contribution in [0.25, 0.3) is 0 Å². The fourth-order valence-electron chi connectivity index (χ4n) is 1.56. The number of likely N-dealkylation sites (N-methyl/N-ethyl adjacent to an activating group) is 2. The van der Waals surface area contributed by atoms with Gasteiger partial charge in [-0.1, -0.05) is 6.07 Å². The van der Waals surface area contributed by atoms with E-state index in [1.165, 1.54) is 6.07 Å². The highest BCUT2D eigenvalue weighted by molar-refractivity contribution is 5.48. The second-order valence-corrected chi connectivity index (χ2v) is 4.61. The molecule has 4 heteroatoms. The van der Waals surface area contributed by atoms with Crippen molar-refractivity contribution in [3.05, 3.63) is 29.6 Å². The van der Waals surface area contributed by atoms with Crippen LogP contribution in [-0.4, -0.2) is 44.2 Å². The van der Waals surface area contributed by atoms with Gasteiger partial charge >= 0.3 is 0 Å². The molecule has 0 aliphatic heterocycles. The van der Waals surface area contributed by atoms with Crippen molar-refractivity contribution >= 4 is 5.69 Å². The normalized spacial score (nSPS) is 12.9. The van der Waals surface area contributed by atoms with E-state index in [0.717, 1.165) is 13.1 Å². The van der Waals surface area contributed by atoms with E-state index in [1.54, 1.807) is 19.1 Å². The maximum Gasteiger partial charge on any atom is 0.146 e. The average molecular weight is 240 g/mol. The number of aliphatic hydroxyl groups excluding tert-OH is 1. The molecule has 0 saturated heterocycles. The molecule has 0 heterocycles. The zero-order valence-electron chi connectivity index (χ0n) is 10.9. The lowest BCUT2D eigenvalue weighted by atomic mass is 10.1. The minimum atomic E-state index is -0.634. The maximum atomic E-state index is 13.8. The zero-order chi connectivity index (χ0) is 13.0. The van der Waals surface area contributed by atoms with Crippen LogP contribution in [0.4, 0.5) is 10.1 Å². The number of anilines is 1. The molecule has 0 saturated carbocycles. The predicted molar refractivity (Wildman–Crippen MR) is 68.9 cm³/mol. The van der Waals surface area contributed by atoms with Crippen molar-refractivity contribution in [3.63, 3.8) is 0 Å². The lowest BCUT2D eigenvalue weighted by molar-refractivity contribution is 0.199. The van der Waals surface area contributed by atoms with E-state index >= 15 is 0 Å². The van der Waals surface area contributed by atoms with Gasteiger partial charge in [-0.3, -0.25) is 0 Å². The van der Waals surface area contributed by atoms with Crippen molar-refractivity contribution < 1.29 is 9.50 Å². The Bertz CT molecular complexity index is 366.